The number of halogens is 1. The molecule has 0 saturated carbocycles. The third-order valence-electron chi connectivity index (χ3n) is 0. The molecule has 0 atom stereocenters. The van der Waals surface area contributed by atoms with Crippen LogP contribution in [-0.4, -0.2) is 33.3 Å². The van der Waals surface area contributed by atoms with Crippen LogP contribution in [0.5, 0.6) is 0 Å². The van der Waals surface area contributed by atoms with E-state index in [4.69, 9.17) is 17.5 Å². The molecule has 4 nitrogen and oxygen atoms in total. The molecule has 0 bridgehead atoms. The first-order valence-electron chi connectivity index (χ1n) is 1.08. The second kappa shape index (κ2) is 5.09. The molecule has 0 saturated heterocycles. The Morgan fingerprint density at radius 1 is 1.29 bits per heavy atom. The molecule has 7 heteroatoms. The average Bonchev–Trinajstić information content (AvgIpc) is 1.36. The molecule has 0 rings (SSSR count). The van der Waals surface area contributed by atoms with Crippen molar-refractivity contribution in [3.63, 3.8) is 0 Å². The van der Waals surface area contributed by atoms with Crippen LogP contribution in [0, 0.1) is 0 Å². The van der Waals surface area contributed by atoms with Crippen LogP contribution in [0.15, 0.2) is 0 Å². The molecule has 0 amide bonds. The van der Waals surface area contributed by atoms with E-state index in [1.54, 1.807) is 0 Å². The third kappa shape index (κ3) is 189. The van der Waals surface area contributed by atoms with Crippen LogP contribution in [0.3, 0.4) is 0 Å². The van der Waals surface area contributed by atoms with Crippen LogP contribution >= 0.6 is 13.7 Å². The molecular weight excluding hydrogens is 183 g/mol. The van der Waals surface area contributed by atoms with E-state index in [0.717, 1.165) is 0 Å². The van der Waals surface area contributed by atoms with Gasteiger partial charge in [0.25, 0.3) is 0 Å². The molecule has 7 heavy (non-hydrogen) atoms. The Balaban J connectivity index is 0. The third-order valence-corrected chi connectivity index (χ3v) is 0. The molecule has 0 aromatic carbocycles. The summed E-state index contributed by atoms with van der Waals surface area (Å²) in [6.07, 6.45) is 0. The van der Waals surface area contributed by atoms with Gasteiger partial charge in [-0.15, -0.1) is 0 Å². The minimum absolute atomic E-state index is 1.81. The van der Waals surface area contributed by atoms with E-state index in [1.165, 1.54) is 0 Å². The topological polar surface area (TPSA) is 74.6 Å². The Morgan fingerprint density at radius 3 is 1.29 bits per heavy atom. The fourth-order valence-electron chi connectivity index (χ4n) is 0. The van der Waals surface area contributed by atoms with Crippen LogP contribution in [-0.2, 0) is 10.4 Å². The van der Waals surface area contributed by atoms with Gasteiger partial charge in [0.05, 0.1) is 0 Å². The van der Waals surface area contributed by atoms with Crippen molar-refractivity contribution in [3.8, 4) is 0 Å². The van der Waals surface area contributed by atoms with E-state index in [9.17, 15) is 0 Å². The minimum atomic E-state index is -4.67. The summed E-state index contributed by atoms with van der Waals surface area (Å²) in [7, 11) is -4.67. The van der Waals surface area contributed by atoms with Gasteiger partial charge in [-0.2, -0.15) is 8.42 Å². The second-order valence-corrected chi connectivity index (χ2v) is 1.34. The molecular formula is H2BrLiO4S. The zero-order valence-corrected chi connectivity index (χ0v) is 5.90. The molecule has 0 aliphatic carbocycles. The van der Waals surface area contributed by atoms with Crippen molar-refractivity contribution in [2.75, 3.05) is 0 Å². The van der Waals surface area contributed by atoms with E-state index in [1.807, 2.05) is 15.8 Å². The maximum absolute atomic E-state index is 8.74. The van der Waals surface area contributed by atoms with Crippen molar-refractivity contribution < 1.29 is 17.5 Å². The number of rotatable bonds is 0. The summed E-state index contributed by atoms with van der Waals surface area (Å²) in [4.78, 5) is 0. The predicted octanol–water partition coefficient (Wildman–Crippen LogP) is -0.188. The maximum atomic E-state index is 8.74. The summed E-state index contributed by atoms with van der Waals surface area (Å²) in [5.74, 6) is 0. The molecule has 0 spiro atoms. The van der Waals surface area contributed by atoms with Crippen LogP contribution in [0.2, 0.25) is 0 Å². The average molecular weight is 185 g/mol. The first kappa shape index (κ1) is 10.8. The van der Waals surface area contributed by atoms with Crippen molar-refractivity contribution in [2.45, 2.75) is 0 Å². The van der Waals surface area contributed by atoms with Crippen LogP contribution < -0.4 is 0 Å². The summed E-state index contributed by atoms with van der Waals surface area (Å²) in [5, 5.41) is 0. The SMILES string of the molecule is O=S(=O)(O)O.[Li][Br]. The Bertz CT molecular complexity index is 94.9. The van der Waals surface area contributed by atoms with Crippen molar-refractivity contribution >= 4 is 39.9 Å². The summed E-state index contributed by atoms with van der Waals surface area (Å²) >= 11 is 4.75. The molecule has 0 radical (unpaired) electrons. The van der Waals surface area contributed by atoms with E-state index in [0.29, 0.717) is 0 Å². The molecule has 0 aromatic rings. The summed E-state index contributed by atoms with van der Waals surface area (Å²) in [6, 6.07) is 0. The van der Waals surface area contributed by atoms with Gasteiger partial charge in [0, 0.05) is 0 Å². The Kier molecular flexibility index (Phi) is 7.89. The van der Waals surface area contributed by atoms with Crippen molar-refractivity contribution in [1.29, 1.82) is 0 Å². The van der Waals surface area contributed by atoms with Crippen molar-refractivity contribution in [2.24, 2.45) is 0 Å². The van der Waals surface area contributed by atoms with Gasteiger partial charge >= 0.3 is 39.9 Å². The predicted molar refractivity (Wildman–Crippen MR) is 28.9 cm³/mol. The van der Waals surface area contributed by atoms with Gasteiger partial charge in [0.2, 0.25) is 0 Å². The van der Waals surface area contributed by atoms with Crippen LogP contribution in [0.4, 0.5) is 0 Å². The standard InChI is InChI=1S/BrH.Li.H2O4S/c;;1-5(2,3)4/h1H;;(H2,1,2,3,4)/q;+1;/p-1. The van der Waals surface area contributed by atoms with Gasteiger partial charge in [0.1, 0.15) is 0 Å². The van der Waals surface area contributed by atoms with Crippen LogP contribution in [0.1, 0.15) is 0 Å². The molecule has 0 aliphatic heterocycles. The van der Waals surface area contributed by atoms with Crippen molar-refractivity contribution in [3.05, 3.63) is 0 Å². The first-order chi connectivity index (χ1) is 3.00. The van der Waals surface area contributed by atoms with Gasteiger partial charge < -0.3 is 0 Å². The number of hydrogen-bond donors (Lipinski definition) is 2. The molecule has 0 aromatic heterocycles. The van der Waals surface area contributed by atoms with Crippen LogP contribution in [0.25, 0.3) is 0 Å². The summed E-state index contributed by atoms with van der Waals surface area (Å²) in [5.41, 5.74) is 0. The zero-order valence-electron chi connectivity index (χ0n) is 3.50. The quantitative estimate of drug-likeness (QED) is 0.405. The zero-order chi connectivity index (χ0) is 6.50. The monoisotopic (exact) mass is 184 g/mol. The van der Waals surface area contributed by atoms with E-state index >= 15 is 0 Å². The number of hydrogen-bond acceptors (Lipinski definition) is 2. The summed E-state index contributed by atoms with van der Waals surface area (Å²) < 4.78 is 31.6. The molecule has 0 fully saturated rings. The molecule has 0 unspecified atom stereocenters. The van der Waals surface area contributed by atoms with Gasteiger partial charge in [-0.1, -0.05) is 0 Å². The van der Waals surface area contributed by atoms with Crippen molar-refractivity contribution in [1.82, 2.24) is 0 Å². The van der Waals surface area contributed by atoms with E-state index in [-0.39, 0.29) is 0 Å². The molecule has 40 valence electrons. The van der Waals surface area contributed by atoms with E-state index < -0.39 is 10.4 Å². The summed E-state index contributed by atoms with van der Waals surface area (Å²) in [6.45, 7) is 0. The second-order valence-electron chi connectivity index (χ2n) is 0.448. The molecule has 0 aliphatic rings. The molecule has 0 heterocycles. The first-order valence-corrected chi connectivity index (χ1v) is 4.06. The van der Waals surface area contributed by atoms with Gasteiger partial charge in [-0.3, -0.25) is 9.11 Å². The fraction of sp³-hybridized carbons (Fsp3) is 0. The normalized spacial score (nSPS) is 9.29. The fourth-order valence-corrected chi connectivity index (χ4v) is 0. The Hall–Kier alpha value is 0.947. The van der Waals surface area contributed by atoms with Gasteiger partial charge in [-0.05, 0) is 0 Å². The van der Waals surface area contributed by atoms with Gasteiger partial charge in [0.15, 0.2) is 0 Å². The Labute approximate surface area is 57.5 Å². The Morgan fingerprint density at radius 2 is 1.29 bits per heavy atom. The molecule has 2 N–H and O–H groups in total. The van der Waals surface area contributed by atoms with E-state index in [2.05, 4.69) is 13.7 Å². The van der Waals surface area contributed by atoms with Gasteiger partial charge in [-0.25, -0.2) is 0 Å².